The Labute approximate surface area is 72.9 Å². The molecule has 0 spiro atoms. The van der Waals surface area contributed by atoms with Crippen LogP contribution >= 0.6 is 11.3 Å². The maximum Gasteiger partial charge on any atom is 0.212 e. The third-order valence-electron chi connectivity index (χ3n) is 1.40. The van der Waals surface area contributed by atoms with Crippen molar-refractivity contribution in [3.8, 4) is 5.13 Å². The summed E-state index contributed by atoms with van der Waals surface area (Å²) in [4.78, 5) is 8.07. The summed E-state index contributed by atoms with van der Waals surface area (Å²) < 4.78 is 1.64. The second-order valence-corrected chi connectivity index (χ2v) is 2.98. The molecule has 0 unspecified atom stereocenters. The number of aromatic nitrogens is 4. The molecule has 0 amide bonds. The molecule has 5 nitrogen and oxygen atoms in total. The van der Waals surface area contributed by atoms with E-state index in [1.807, 2.05) is 5.38 Å². The van der Waals surface area contributed by atoms with E-state index in [0.29, 0.717) is 6.54 Å². The summed E-state index contributed by atoms with van der Waals surface area (Å²) in [7, 11) is 0. The highest BCUT2D eigenvalue weighted by atomic mass is 32.1. The second kappa shape index (κ2) is 3.00. The molecule has 0 aliphatic rings. The molecule has 2 aromatic heterocycles. The summed E-state index contributed by atoms with van der Waals surface area (Å²) in [5, 5.41) is 6.69. The standard InChI is InChI=1S/C6H7N5S/c7-3-5-9-4-10-11(5)6-8-1-2-12-6/h1-2,4H,3,7H2. The molecule has 0 fully saturated rings. The lowest BCUT2D eigenvalue weighted by atomic mass is 10.6. The number of hydrogen-bond acceptors (Lipinski definition) is 5. The lowest BCUT2D eigenvalue weighted by molar-refractivity contribution is 0.783. The Morgan fingerprint density at radius 1 is 1.50 bits per heavy atom. The van der Waals surface area contributed by atoms with E-state index in [0.717, 1.165) is 11.0 Å². The molecule has 0 bridgehead atoms. The van der Waals surface area contributed by atoms with Crippen molar-refractivity contribution in [2.75, 3.05) is 0 Å². The Morgan fingerprint density at radius 3 is 3.08 bits per heavy atom. The van der Waals surface area contributed by atoms with Gasteiger partial charge < -0.3 is 5.73 Å². The maximum atomic E-state index is 5.45. The molecule has 0 saturated carbocycles. The van der Waals surface area contributed by atoms with Gasteiger partial charge in [-0.2, -0.15) is 9.78 Å². The van der Waals surface area contributed by atoms with Crippen LogP contribution in [-0.4, -0.2) is 19.7 Å². The van der Waals surface area contributed by atoms with E-state index in [1.54, 1.807) is 10.9 Å². The number of nitrogens with zero attached hydrogens (tertiary/aromatic N) is 4. The van der Waals surface area contributed by atoms with Crippen LogP contribution in [0, 0.1) is 0 Å². The van der Waals surface area contributed by atoms with Crippen LogP contribution in [0.3, 0.4) is 0 Å². The fraction of sp³-hybridized carbons (Fsp3) is 0.167. The van der Waals surface area contributed by atoms with E-state index >= 15 is 0 Å². The molecule has 12 heavy (non-hydrogen) atoms. The Bertz CT molecular complexity index is 352. The zero-order valence-electron chi connectivity index (χ0n) is 6.21. The van der Waals surface area contributed by atoms with E-state index in [-0.39, 0.29) is 0 Å². The summed E-state index contributed by atoms with van der Waals surface area (Å²) in [5.74, 6) is 0.727. The summed E-state index contributed by atoms with van der Waals surface area (Å²) in [6.45, 7) is 0.375. The molecule has 0 aromatic carbocycles. The van der Waals surface area contributed by atoms with Crippen molar-refractivity contribution in [2.45, 2.75) is 6.54 Å². The molecule has 2 rings (SSSR count). The predicted molar refractivity (Wildman–Crippen MR) is 44.9 cm³/mol. The normalized spacial score (nSPS) is 10.4. The van der Waals surface area contributed by atoms with Crippen molar-refractivity contribution in [1.29, 1.82) is 0 Å². The minimum absolute atomic E-state index is 0.375. The van der Waals surface area contributed by atoms with Gasteiger partial charge in [0.1, 0.15) is 12.2 Å². The Morgan fingerprint density at radius 2 is 2.42 bits per heavy atom. The van der Waals surface area contributed by atoms with Crippen molar-refractivity contribution in [3.05, 3.63) is 23.7 Å². The molecular weight excluding hydrogens is 174 g/mol. The minimum atomic E-state index is 0.375. The Hall–Kier alpha value is -1.27. The van der Waals surface area contributed by atoms with Crippen LogP contribution in [0.25, 0.3) is 5.13 Å². The van der Waals surface area contributed by atoms with Gasteiger partial charge in [-0.1, -0.05) is 0 Å². The molecule has 0 atom stereocenters. The SMILES string of the molecule is NCc1ncnn1-c1nccs1. The molecular formula is C6H7N5S. The molecule has 2 N–H and O–H groups in total. The fourth-order valence-electron chi connectivity index (χ4n) is 0.885. The summed E-state index contributed by atoms with van der Waals surface area (Å²) >= 11 is 1.50. The van der Waals surface area contributed by atoms with Gasteiger partial charge in [0.15, 0.2) is 0 Å². The van der Waals surface area contributed by atoms with Crippen LogP contribution in [0.1, 0.15) is 5.82 Å². The summed E-state index contributed by atoms with van der Waals surface area (Å²) in [6, 6.07) is 0. The first-order valence-electron chi connectivity index (χ1n) is 3.40. The zero-order chi connectivity index (χ0) is 8.39. The van der Waals surface area contributed by atoms with Crippen LogP contribution in [0.5, 0.6) is 0 Å². The van der Waals surface area contributed by atoms with Gasteiger partial charge >= 0.3 is 0 Å². The molecule has 0 saturated heterocycles. The lowest BCUT2D eigenvalue weighted by Crippen LogP contribution is -2.07. The van der Waals surface area contributed by atoms with Gasteiger partial charge in [-0.15, -0.1) is 11.3 Å². The summed E-state index contributed by atoms with van der Waals surface area (Å²) in [6.07, 6.45) is 3.20. The number of rotatable bonds is 2. The Balaban J connectivity index is 2.46. The first-order valence-corrected chi connectivity index (χ1v) is 4.28. The molecule has 0 aliphatic heterocycles. The van der Waals surface area contributed by atoms with E-state index in [4.69, 9.17) is 5.73 Å². The van der Waals surface area contributed by atoms with E-state index < -0.39 is 0 Å². The van der Waals surface area contributed by atoms with Gasteiger partial charge in [0, 0.05) is 11.6 Å². The van der Waals surface area contributed by atoms with Gasteiger partial charge in [0.05, 0.1) is 6.54 Å². The lowest BCUT2D eigenvalue weighted by Gasteiger charge is -1.96. The first-order chi connectivity index (χ1) is 5.92. The molecule has 2 aromatic rings. The largest absolute Gasteiger partial charge is 0.324 e. The zero-order valence-corrected chi connectivity index (χ0v) is 7.03. The van der Waals surface area contributed by atoms with Crippen molar-refractivity contribution in [2.24, 2.45) is 5.73 Å². The monoisotopic (exact) mass is 181 g/mol. The van der Waals surface area contributed by atoms with E-state index in [1.165, 1.54) is 17.7 Å². The number of hydrogen-bond donors (Lipinski definition) is 1. The van der Waals surface area contributed by atoms with Crippen molar-refractivity contribution >= 4 is 11.3 Å². The van der Waals surface area contributed by atoms with E-state index in [2.05, 4.69) is 15.1 Å². The predicted octanol–water partition coefficient (Wildman–Crippen LogP) is 0.182. The number of thiazole rings is 1. The fourth-order valence-corrected chi connectivity index (χ4v) is 1.50. The minimum Gasteiger partial charge on any atom is -0.324 e. The van der Waals surface area contributed by atoms with Gasteiger partial charge in [0.2, 0.25) is 5.13 Å². The third kappa shape index (κ3) is 1.10. The van der Waals surface area contributed by atoms with Crippen LogP contribution in [0.4, 0.5) is 0 Å². The third-order valence-corrected chi connectivity index (χ3v) is 2.15. The van der Waals surface area contributed by atoms with Crippen molar-refractivity contribution in [1.82, 2.24) is 19.7 Å². The quantitative estimate of drug-likeness (QED) is 0.717. The highest BCUT2D eigenvalue weighted by molar-refractivity contribution is 7.12. The average Bonchev–Trinajstić information content (AvgIpc) is 2.74. The number of nitrogens with two attached hydrogens (primary N) is 1. The van der Waals surface area contributed by atoms with Crippen LogP contribution in [0.2, 0.25) is 0 Å². The molecule has 6 heteroatoms. The maximum absolute atomic E-state index is 5.45. The average molecular weight is 181 g/mol. The van der Waals surface area contributed by atoms with Gasteiger partial charge in [-0.3, -0.25) is 0 Å². The second-order valence-electron chi connectivity index (χ2n) is 2.11. The van der Waals surface area contributed by atoms with Gasteiger partial charge in [-0.05, 0) is 0 Å². The highest BCUT2D eigenvalue weighted by Gasteiger charge is 2.05. The van der Waals surface area contributed by atoms with Crippen LogP contribution in [0.15, 0.2) is 17.9 Å². The van der Waals surface area contributed by atoms with Gasteiger partial charge in [-0.25, -0.2) is 9.97 Å². The van der Waals surface area contributed by atoms with Crippen LogP contribution < -0.4 is 5.73 Å². The molecule has 0 aliphatic carbocycles. The molecule has 2 heterocycles. The Kier molecular flexibility index (Phi) is 1.84. The van der Waals surface area contributed by atoms with Crippen molar-refractivity contribution in [3.63, 3.8) is 0 Å². The van der Waals surface area contributed by atoms with Crippen molar-refractivity contribution < 1.29 is 0 Å². The topological polar surface area (TPSA) is 69.6 Å². The van der Waals surface area contributed by atoms with Crippen LogP contribution in [-0.2, 0) is 6.54 Å². The smallest absolute Gasteiger partial charge is 0.212 e. The summed E-state index contributed by atoms with van der Waals surface area (Å²) in [5.41, 5.74) is 5.45. The van der Waals surface area contributed by atoms with E-state index in [9.17, 15) is 0 Å². The molecule has 62 valence electrons. The highest BCUT2D eigenvalue weighted by Crippen LogP contribution is 2.10. The molecule has 0 radical (unpaired) electrons. The van der Waals surface area contributed by atoms with Gasteiger partial charge in [0.25, 0.3) is 0 Å². The first kappa shape index (κ1) is 7.38.